The Balaban J connectivity index is 5.55. The number of carbonyl (C=O) groups excluding carboxylic acids is 4. The molecule has 0 rings (SSSR count). The quantitative estimate of drug-likeness (QED) is 0.0169. The average Bonchev–Trinajstić information content (AvgIpc) is 0.900. The molecule has 19 heteroatoms. The zero-order chi connectivity index (χ0) is 80.3. The van der Waals surface area contributed by atoms with Gasteiger partial charge in [-0.25, -0.2) is 9.13 Å². The van der Waals surface area contributed by atoms with E-state index in [0.29, 0.717) is 38.5 Å². The van der Waals surface area contributed by atoms with Crippen LogP contribution in [0.2, 0.25) is 0 Å². The van der Waals surface area contributed by atoms with Crippen LogP contribution in [0.1, 0.15) is 310 Å². The molecule has 0 bridgehead atoms. The molecule has 0 fully saturated rings. The molecular weight excluding hydrogens is 1430 g/mol. The molecule has 0 spiro atoms. The molecule has 0 aromatic carbocycles. The Morgan fingerprint density at radius 3 is 0.855 bits per heavy atom. The fourth-order valence-electron chi connectivity index (χ4n) is 10.5. The lowest BCUT2D eigenvalue weighted by Gasteiger charge is -2.21. The van der Waals surface area contributed by atoms with E-state index in [1.807, 2.05) is 30.4 Å². The van der Waals surface area contributed by atoms with Crippen molar-refractivity contribution >= 4 is 39.5 Å². The normalized spacial score (nSPS) is 14.7. The van der Waals surface area contributed by atoms with E-state index in [1.165, 1.54) is 64.2 Å². The summed E-state index contributed by atoms with van der Waals surface area (Å²) < 4.78 is 68.6. The smallest absolute Gasteiger partial charge is 0.462 e. The number of unbranched alkanes of at least 4 members (excludes halogenated alkanes) is 21. The summed E-state index contributed by atoms with van der Waals surface area (Å²) in [5.74, 6) is -2.39. The van der Waals surface area contributed by atoms with E-state index < -0.39 is 97.5 Å². The molecule has 0 amide bonds. The van der Waals surface area contributed by atoms with Crippen LogP contribution in [0.5, 0.6) is 0 Å². The van der Waals surface area contributed by atoms with E-state index in [-0.39, 0.29) is 25.7 Å². The second-order valence-electron chi connectivity index (χ2n) is 27.3. The largest absolute Gasteiger partial charge is 0.472 e. The van der Waals surface area contributed by atoms with Gasteiger partial charge in [0.2, 0.25) is 0 Å². The van der Waals surface area contributed by atoms with Gasteiger partial charge < -0.3 is 33.8 Å². The maximum Gasteiger partial charge on any atom is 0.472 e. The van der Waals surface area contributed by atoms with Crippen LogP contribution in [0.4, 0.5) is 0 Å². The maximum atomic E-state index is 13.1. The molecule has 0 saturated carbocycles. The van der Waals surface area contributed by atoms with Gasteiger partial charge in [-0.05, 0) is 173 Å². The molecule has 0 heterocycles. The van der Waals surface area contributed by atoms with Crippen molar-refractivity contribution in [2.75, 3.05) is 39.6 Å². The molecule has 0 radical (unpaired) electrons. The van der Waals surface area contributed by atoms with Crippen LogP contribution in [0.25, 0.3) is 0 Å². The number of aliphatic hydroxyl groups is 1. The van der Waals surface area contributed by atoms with Gasteiger partial charge in [-0.2, -0.15) is 0 Å². The standard InChI is InChI=1S/C91H148O17P2/c1-5-9-13-17-21-25-29-33-37-40-42-45-48-52-56-60-64-68-72-76-89(94)102-82-87(107-90(95)77-73-69-65-61-57-53-49-44-39-35-31-27-23-19-15-11-7-3)84-106-110(99,100)104-80-85(92)79-103-109(97,98)105-83-86(81-101-88(93)75-71-67-63-59-55-51-47-36-32-28-24-20-16-12-8-4)108-91(96)78-74-70-66-62-58-54-50-46-43-41-38-34-30-26-22-18-14-10-6-2/h10,14,21-23,25-28,32-35,37-39,42-43,45-46,49,52-54,56,58,61,64-65,68,85-87,92H,5-9,11-13,15-20,24,29-31,36,40-41,44,47-48,50-51,55,57,59-60,62-63,66-67,69-84H2,1-4H3,(H,97,98)(H,99,100)/b14-10-,25-21-,26-22-,27-23-,32-28-,37-33-,38-34-,39-35-,45-42-,46-43-,53-49-,56-52-,58-54-,65-61-,68-64-/t85-,86+,87+/m0/s1. The highest BCUT2D eigenvalue weighted by molar-refractivity contribution is 7.47. The number of hydrogen-bond donors (Lipinski definition) is 3. The Kier molecular flexibility index (Phi) is 76.9. The molecule has 0 aliphatic rings. The Morgan fingerprint density at radius 1 is 0.264 bits per heavy atom. The Bertz CT molecular complexity index is 2800. The summed E-state index contributed by atoms with van der Waals surface area (Å²) in [6, 6.07) is 0. The van der Waals surface area contributed by atoms with E-state index in [1.54, 1.807) is 0 Å². The molecule has 5 atom stereocenters. The van der Waals surface area contributed by atoms with E-state index in [0.717, 1.165) is 154 Å². The van der Waals surface area contributed by atoms with Crippen LogP contribution in [-0.2, 0) is 65.4 Å². The summed E-state index contributed by atoms with van der Waals surface area (Å²) in [5, 5.41) is 10.7. The molecule has 0 saturated heterocycles. The van der Waals surface area contributed by atoms with E-state index >= 15 is 0 Å². The first-order valence-electron chi connectivity index (χ1n) is 42.0. The summed E-state index contributed by atoms with van der Waals surface area (Å²) in [4.78, 5) is 73.2. The highest BCUT2D eigenvalue weighted by Crippen LogP contribution is 2.45. The predicted molar refractivity (Wildman–Crippen MR) is 454 cm³/mol. The third-order valence-corrected chi connectivity index (χ3v) is 18.7. The number of aliphatic hydroxyl groups excluding tert-OH is 1. The lowest BCUT2D eigenvalue weighted by atomic mass is 10.1. The fraction of sp³-hybridized carbons (Fsp3) is 0.626. The molecule has 624 valence electrons. The van der Waals surface area contributed by atoms with Gasteiger partial charge in [-0.1, -0.05) is 293 Å². The predicted octanol–water partition coefficient (Wildman–Crippen LogP) is 25.1. The number of carbonyl (C=O) groups is 4. The molecule has 3 N–H and O–H groups in total. The van der Waals surface area contributed by atoms with Crippen molar-refractivity contribution in [1.29, 1.82) is 0 Å². The number of ether oxygens (including phenoxy) is 4. The van der Waals surface area contributed by atoms with Crippen molar-refractivity contribution in [3.05, 3.63) is 182 Å². The number of rotatable bonds is 77. The van der Waals surface area contributed by atoms with Crippen LogP contribution in [0.15, 0.2) is 182 Å². The van der Waals surface area contributed by atoms with Gasteiger partial charge >= 0.3 is 39.5 Å². The molecule has 110 heavy (non-hydrogen) atoms. The molecule has 2 unspecified atom stereocenters. The van der Waals surface area contributed by atoms with Crippen LogP contribution < -0.4 is 0 Å². The first kappa shape index (κ1) is 104. The van der Waals surface area contributed by atoms with E-state index in [2.05, 4.69) is 180 Å². The fourth-order valence-corrected chi connectivity index (χ4v) is 12.0. The topological polar surface area (TPSA) is 237 Å². The second kappa shape index (κ2) is 81.2. The Morgan fingerprint density at radius 2 is 0.500 bits per heavy atom. The molecule has 0 aliphatic heterocycles. The first-order chi connectivity index (χ1) is 53.7. The number of allylic oxidation sites excluding steroid dienone is 30. The summed E-state index contributed by atoms with van der Waals surface area (Å²) >= 11 is 0. The minimum Gasteiger partial charge on any atom is -0.462 e. The molecular formula is C91H148O17P2. The number of phosphoric acid groups is 2. The second-order valence-corrected chi connectivity index (χ2v) is 30.2. The maximum absolute atomic E-state index is 13.1. The van der Waals surface area contributed by atoms with Crippen molar-refractivity contribution in [1.82, 2.24) is 0 Å². The molecule has 0 aliphatic carbocycles. The lowest BCUT2D eigenvalue weighted by Crippen LogP contribution is -2.30. The number of esters is 4. The molecule has 0 aromatic heterocycles. The third-order valence-electron chi connectivity index (χ3n) is 16.8. The van der Waals surface area contributed by atoms with Crippen molar-refractivity contribution in [2.24, 2.45) is 0 Å². The van der Waals surface area contributed by atoms with Gasteiger partial charge in [0.25, 0.3) is 0 Å². The van der Waals surface area contributed by atoms with Gasteiger partial charge in [0.1, 0.15) is 19.3 Å². The lowest BCUT2D eigenvalue weighted by molar-refractivity contribution is -0.161. The molecule has 0 aromatic rings. The van der Waals surface area contributed by atoms with Crippen molar-refractivity contribution in [3.8, 4) is 0 Å². The minimum absolute atomic E-state index is 0.00374. The highest BCUT2D eigenvalue weighted by atomic mass is 31.2. The monoisotopic (exact) mass is 1580 g/mol. The highest BCUT2D eigenvalue weighted by Gasteiger charge is 2.30. The van der Waals surface area contributed by atoms with Gasteiger partial charge in [0.05, 0.1) is 26.4 Å². The average molecular weight is 1580 g/mol. The van der Waals surface area contributed by atoms with Crippen LogP contribution in [0, 0.1) is 0 Å². The van der Waals surface area contributed by atoms with Crippen LogP contribution in [-0.4, -0.2) is 96.7 Å². The van der Waals surface area contributed by atoms with Gasteiger partial charge in [0.15, 0.2) is 12.2 Å². The summed E-state index contributed by atoms with van der Waals surface area (Å²) in [5.41, 5.74) is 0. The summed E-state index contributed by atoms with van der Waals surface area (Å²) in [6.45, 7) is 4.50. The number of hydrogen-bond acceptors (Lipinski definition) is 15. The van der Waals surface area contributed by atoms with E-state index in [4.69, 9.17) is 37.0 Å². The summed E-state index contributed by atoms with van der Waals surface area (Å²) in [6.07, 6.45) is 98.8. The Hall–Kier alpha value is -5.84. The van der Waals surface area contributed by atoms with Crippen LogP contribution >= 0.6 is 15.6 Å². The zero-order valence-corrected chi connectivity index (χ0v) is 70.1. The van der Waals surface area contributed by atoms with Crippen molar-refractivity contribution < 1.29 is 80.2 Å². The third kappa shape index (κ3) is 80.2. The van der Waals surface area contributed by atoms with Crippen molar-refractivity contribution in [2.45, 2.75) is 329 Å². The Labute approximate surface area is 666 Å². The summed E-state index contributed by atoms with van der Waals surface area (Å²) in [7, 11) is -10.0. The minimum atomic E-state index is -5.02. The zero-order valence-electron chi connectivity index (χ0n) is 68.4. The SMILES string of the molecule is CC/C=C\C/C=C\C/C=C\C/C=C\C/C=C\CCCCCC(=O)O[C@H](COC(=O)CCCCCCCCC/C=C\CCCCCC)COP(=O)(O)OC[C@H](O)COP(=O)(O)OC[C@@H](COC(=O)CC/C=C\C/C=C\C/C=C\C/C=C\C/C=C\CCCCC)OC(=O)CCC/C=C\C/C=C\C/C=C\C/C=C\CCCCC. The van der Waals surface area contributed by atoms with Crippen LogP contribution in [0.3, 0.4) is 0 Å². The number of phosphoric ester groups is 2. The van der Waals surface area contributed by atoms with Gasteiger partial charge in [0, 0.05) is 25.7 Å². The van der Waals surface area contributed by atoms with Gasteiger partial charge in [-0.15, -0.1) is 0 Å². The van der Waals surface area contributed by atoms with E-state index in [9.17, 15) is 43.2 Å². The molecule has 17 nitrogen and oxygen atoms in total. The van der Waals surface area contributed by atoms with Crippen molar-refractivity contribution in [3.63, 3.8) is 0 Å². The first-order valence-corrected chi connectivity index (χ1v) is 45.0. The van der Waals surface area contributed by atoms with Gasteiger partial charge in [-0.3, -0.25) is 37.3 Å².